The molecule has 7 heteroatoms. The Hall–Kier alpha value is -0.920. The average Bonchev–Trinajstić information content (AvgIpc) is 2.42. The van der Waals surface area contributed by atoms with Crippen LogP contribution < -0.4 is 10.6 Å². The molecule has 0 aliphatic carbocycles. The molecule has 1 unspecified atom stereocenters. The molecule has 2 rings (SSSR count). The largest absolute Gasteiger partial charge is 0.478 e. The number of amides is 1. The van der Waals surface area contributed by atoms with E-state index in [0.717, 1.165) is 19.4 Å². The number of carboxylic acids is 1. The van der Waals surface area contributed by atoms with Crippen molar-refractivity contribution in [3.05, 3.63) is 26.6 Å². The van der Waals surface area contributed by atoms with Crippen LogP contribution in [-0.4, -0.2) is 30.1 Å². The van der Waals surface area contributed by atoms with E-state index in [0.29, 0.717) is 21.2 Å². The van der Waals surface area contributed by atoms with Crippen molar-refractivity contribution in [1.29, 1.82) is 0 Å². The fourth-order valence-electron chi connectivity index (χ4n) is 2.17. The monoisotopic (exact) mass is 404 g/mol. The number of hydrogen-bond donors (Lipinski definition) is 3. The van der Waals surface area contributed by atoms with Crippen molar-refractivity contribution in [2.24, 2.45) is 5.92 Å². The summed E-state index contributed by atoms with van der Waals surface area (Å²) in [6.07, 6.45) is 1.76. The molecule has 1 atom stereocenters. The lowest BCUT2D eigenvalue weighted by Crippen LogP contribution is -2.37. The number of aromatic carboxylic acids is 1. The summed E-state index contributed by atoms with van der Waals surface area (Å²) < 4.78 is 1.18. The van der Waals surface area contributed by atoms with Gasteiger partial charge in [-0.25, -0.2) is 4.79 Å². The first-order valence-corrected chi connectivity index (χ1v) is 7.81. The number of carbonyl (C=O) groups excluding carboxylic acids is 1. The van der Waals surface area contributed by atoms with Gasteiger partial charge in [-0.15, -0.1) is 0 Å². The van der Waals surface area contributed by atoms with E-state index in [9.17, 15) is 14.7 Å². The Kier molecular flexibility index (Phi) is 5.17. The number of anilines is 1. The van der Waals surface area contributed by atoms with E-state index in [1.54, 1.807) is 6.07 Å². The molecule has 0 saturated carbocycles. The van der Waals surface area contributed by atoms with Gasteiger partial charge in [-0.05, 0) is 47.4 Å². The topological polar surface area (TPSA) is 78.4 Å². The Morgan fingerprint density at radius 1 is 1.35 bits per heavy atom. The number of benzene rings is 1. The fourth-order valence-corrected chi connectivity index (χ4v) is 3.49. The van der Waals surface area contributed by atoms with Gasteiger partial charge in [0.2, 0.25) is 5.91 Å². The van der Waals surface area contributed by atoms with E-state index in [-0.39, 0.29) is 17.4 Å². The predicted molar refractivity (Wildman–Crippen MR) is 83.0 cm³/mol. The second-order valence-electron chi connectivity index (χ2n) is 4.65. The number of hydrogen-bond acceptors (Lipinski definition) is 3. The lowest BCUT2D eigenvalue weighted by molar-refractivity contribution is -0.120. The average molecular weight is 406 g/mol. The molecule has 108 valence electrons. The highest BCUT2D eigenvalue weighted by Crippen LogP contribution is 2.31. The maximum atomic E-state index is 12.2. The molecule has 0 radical (unpaired) electrons. The van der Waals surface area contributed by atoms with Crippen LogP contribution in [0.25, 0.3) is 0 Å². The summed E-state index contributed by atoms with van der Waals surface area (Å²) in [6.45, 7) is 1.55. The maximum absolute atomic E-state index is 12.2. The van der Waals surface area contributed by atoms with Gasteiger partial charge in [0.05, 0.1) is 17.2 Å². The molecule has 1 aliphatic rings. The highest BCUT2D eigenvalue weighted by atomic mass is 79.9. The zero-order valence-corrected chi connectivity index (χ0v) is 13.8. The number of halogens is 2. The van der Waals surface area contributed by atoms with E-state index in [1.165, 1.54) is 6.07 Å². The van der Waals surface area contributed by atoms with Gasteiger partial charge in [0, 0.05) is 15.5 Å². The molecule has 1 amide bonds. The highest BCUT2D eigenvalue weighted by molar-refractivity contribution is 9.11. The predicted octanol–water partition coefficient (Wildman–Crippen LogP) is 2.85. The van der Waals surface area contributed by atoms with Crippen LogP contribution in [0, 0.1) is 5.92 Å². The van der Waals surface area contributed by atoms with Gasteiger partial charge in [0.25, 0.3) is 0 Å². The number of rotatable bonds is 3. The summed E-state index contributed by atoms with van der Waals surface area (Å²) in [5.74, 6) is -1.35. The smallest absolute Gasteiger partial charge is 0.337 e. The maximum Gasteiger partial charge on any atom is 0.337 e. The lowest BCUT2D eigenvalue weighted by Gasteiger charge is -2.22. The van der Waals surface area contributed by atoms with Crippen molar-refractivity contribution in [2.45, 2.75) is 12.8 Å². The van der Waals surface area contributed by atoms with Crippen LogP contribution in [0.1, 0.15) is 23.2 Å². The number of nitrogens with one attached hydrogen (secondary N) is 2. The van der Waals surface area contributed by atoms with Crippen LogP contribution in [0.2, 0.25) is 0 Å². The zero-order chi connectivity index (χ0) is 14.7. The Bertz CT molecular complexity index is 543. The fraction of sp³-hybridized carbons (Fsp3) is 0.385. The van der Waals surface area contributed by atoms with Crippen LogP contribution in [0.4, 0.5) is 5.69 Å². The molecule has 1 saturated heterocycles. The summed E-state index contributed by atoms with van der Waals surface area (Å²) in [7, 11) is 0. The molecule has 1 aliphatic heterocycles. The van der Waals surface area contributed by atoms with Gasteiger partial charge >= 0.3 is 5.97 Å². The first kappa shape index (κ1) is 15.5. The normalized spacial score (nSPS) is 18.6. The molecule has 5 nitrogen and oxygen atoms in total. The van der Waals surface area contributed by atoms with E-state index in [2.05, 4.69) is 42.5 Å². The van der Waals surface area contributed by atoms with Crippen molar-refractivity contribution in [3.63, 3.8) is 0 Å². The molecule has 1 aromatic carbocycles. The van der Waals surface area contributed by atoms with Crippen LogP contribution in [-0.2, 0) is 4.79 Å². The third-order valence-corrected chi connectivity index (χ3v) is 4.28. The molecule has 1 aromatic rings. The number of carbonyl (C=O) groups is 2. The van der Waals surface area contributed by atoms with E-state index in [4.69, 9.17) is 0 Å². The molecule has 0 aromatic heterocycles. The summed E-state index contributed by atoms with van der Waals surface area (Å²) >= 11 is 6.54. The minimum absolute atomic E-state index is 0.0587. The third kappa shape index (κ3) is 3.59. The van der Waals surface area contributed by atoms with Crippen LogP contribution in [0.15, 0.2) is 21.1 Å². The molecule has 1 heterocycles. The first-order chi connectivity index (χ1) is 9.49. The SMILES string of the molecule is O=C(O)c1cc(Br)cc(Br)c1NC(=O)C1CCCNC1. The number of piperidine rings is 1. The van der Waals surface area contributed by atoms with Gasteiger partial charge in [-0.2, -0.15) is 0 Å². The standard InChI is InChI=1S/C13H14Br2N2O3/c14-8-4-9(13(19)20)11(10(15)5-8)17-12(18)7-2-1-3-16-6-7/h4-5,7,16H,1-3,6H2,(H,17,18)(H,19,20). The third-order valence-electron chi connectivity index (χ3n) is 3.20. The summed E-state index contributed by atoms with van der Waals surface area (Å²) in [6, 6.07) is 3.18. The number of carboxylic acid groups (broad SMARTS) is 1. The van der Waals surface area contributed by atoms with Crippen molar-refractivity contribution in [3.8, 4) is 0 Å². The summed E-state index contributed by atoms with van der Waals surface area (Å²) in [5, 5.41) is 15.1. The minimum atomic E-state index is -1.08. The van der Waals surface area contributed by atoms with Crippen molar-refractivity contribution in [2.75, 3.05) is 18.4 Å². The molecule has 0 bridgehead atoms. The Balaban J connectivity index is 2.23. The Morgan fingerprint density at radius 2 is 2.10 bits per heavy atom. The first-order valence-electron chi connectivity index (χ1n) is 6.23. The second-order valence-corrected chi connectivity index (χ2v) is 6.42. The van der Waals surface area contributed by atoms with E-state index in [1.807, 2.05) is 0 Å². The van der Waals surface area contributed by atoms with E-state index >= 15 is 0 Å². The van der Waals surface area contributed by atoms with Gasteiger partial charge in [0.15, 0.2) is 0 Å². The molecule has 1 fully saturated rings. The highest BCUT2D eigenvalue weighted by Gasteiger charge is 2.24. The Morgan fingerprint density at radius 3 is 2.70 bits per heavy atom. The minimum Gasteiger partial charge on any atom is -0.478 e. The molecule has 3 N–H and O–H groups in total. The van der Waals surface area contributed by atoms with Crippen molar-refractivity contribution in [1.82, 2.24) is 5.32 Å². The Labute approximate surface area is 133 Å². The summed E-state index contributed by atoms with van der Waals surface area (Å²) in [5.41, 5.74) is 0.361. The zero-order valence-electron chi connectivity index (χ0n) is 10.6. The lowest BCUT2D eigenvalue weighted by atomic mass is 9.98. The molecule has 0 spiro atoms. The van der Waals surface area contributed by atoms with Gasteiger partial charge in [-0.1, -0.05) is 15.9 Å². The van der Waals surface area contributed by atoms with Crippen molar-refractivity contribution >= 4 is 49.4 Å². The van der Waals surface area contributed by atoms with Crippen LogP contribution >= 0.6 is 31.9 Å². The van der Waals surface area contributed by atoms with Gasteiger partial charge < -0.3 is 15.7 Å². The van der Waals surface area contributed by atoms with Crippen molar-refractivity contribution < 1.29 is 14.7 Å². The molecule has 20 heavy (non-hydrogen) atoms. The van der Waals surface area contributed by atoms with Crippen LogP contribution in [0.5, 0.6) is 0 Å². The second kappa shape index (κ2) is 6.69. The van der Waals surface area contributed by atoms with Gasteiger partial charge in [-0.3, -0.25) is 4.79 Å². The quantitative estimate of drug-likeness (QED) is 0.722. The van der Waals surface area contributed by atoms with E-state index < -0.39 is 5.97 Å². The molecular formula is C13H14Br2N2O3. The van der Waals surface area contributed by atoms with Gasteiger partial charge in [0.1, 0.15) is 0 Å². The van der Waals surface area contributed by atoms with Crippen LogP contribution in [0.3, 0.4) is 0 Å². The summed E-state index contributed by atoms with van der Waals surface area (Å²) in [4.78, 5) is 23.5. The molecular weight excluding hydrogens is 392 g/mol.